The van der Waals surface area contributed by atoms with E-state index in [1.165, 1.54) is 6.42 Å². The highest BCUT2D eigenvalue weighted by atomic mass is 31.0. The molecule has 1 amide bonds. The molecule has 1 unspecified atom stereocenters. The molecule has 0 aromatic rings. The van der Waals surface area contributed by atoms with Gasteiger partial charge in [-0.05, 0) is 30.5 Å². The smallest absolute Gasteiger partial charge is 0.355 e. The van der Waals surface area contributed by atoms with Crippen molar-refractivity contribution in [3.63, 3.8) is 0 Å². The Hall–Kier alpha value is -1.15. The third-order valence-electron chi connectivity index (χ3n) is 4.90. The van der Waals surface area contributed by atoms with Gasteiger partial charge in [0.05, 0.1) is 12.0 Å². The minimum atomic E-state index is -0.359. The van der Waals surface area contributed by atoms with Crippen molar-refractivity contribution in [2.75, 3.05) is 6.61 Å². The third-order valence-corrected chi connectivity index (χ3v) is 5.31. The number of ether oxygens (including phenoxy) is 1. The zero-order valence-electron chi connectivity index (χ0n) is 12.4. The van der Waals surface area contributed by atoms with Crippen LogP contribution in [0.5, 0.6) is 0 Å². The van der Waals surface area contributed by atoms with Crippen LogP contribution in [0.2, 0.25) is 0 Å². The molecule has 0 bridgehead atoms. The van der Waals surface area contributed by atoms with Crippen LogP contribution in [0.1, 0.15) is 32.6 Å². The van der Waals surface area contributed by atoms with Gasteiger partial charge in [-0.3, -0.25) is 4.79 Å². The average molecular weight is 307 g/mol. The van der Waals surface area contributed by atoms with Crippen LogP contribution in [0.3, 0.4) is 0 Å². The molecule has 0 aromatic carbocycles. The monoisotopic (exact) mass is 307 g/mol. The van der Waals surface area contributed by atoms with Crippen molar-refractivity contribution in [2.45, 2.75) is 44.3 Å². The van der Waals surface area contributed by atoms with Crippen LogP contribution in [-0.2, 0) is 14.3 Å². The summed E-state index contributed by atoms with van der Waals surface area (Å²) in [6, 6.07) is 0.173. The summed E-state index contributed by atoms with van der Waals surface area (Å²) in [5, 5.41) is 0. The molecule has 2 aliphatic heterocycles. The molecule has 0 spiro atoms. The van der Waals surface area contributed by atoms with Gasteiger partial charge in [0.1, 0.15) is 12.3 Å². The quantitative estimate of drug-likeness (QED) is 0.346. The van der Waals surface area contributed by atoms with Crippen molar-refractivity contribution in [2.24, 2.45) is 11.8 Å². The first-order valence-corrected chi connectivity index (χ1v) is 8.34. The average Bonchev–Trinajstić information content (AvgIpc) is 2.75. The number of β-lactam (4-membered cyclic amide) rings is 1. The molecule has 1 saturated heterocycles. The van der Waals surface area contributed by atoms with Crippen LogP contribution in [0.25, 0.3) is 0 Å². The van der Waals surface area contributed by atoms with E-state index in [1.54, 1.807) is 11.0 Å². The molecule has 3 rings (SSSR count). The van der Waals surface area contributed by atoms with Gasteiger partial charge in [-0.1, -0.05) is 26.0 Å². The second-order valence-corrected chi connectivity index (χ2v) is 7.25. The second-order valence-electron chi connectivity index (χ2n) is 6.20. The number of rotatable bonds is 4. The fourth-order valence-electron chi connectivity index (χ4n) is 4.05. The number of hydrogen-bond acceptors (Lipinski definition) is 3. The van der Waals surface area contributed by atoms with Gasteiger partial charge < -0.3 is 9.64 Å². The summed E-state index contributed by atoms with van der Waals surface area (Å²) < 4.78 is 5.21. The molecule has 4 nitrogen and oxygen atoms in total. The summed E-state index contributed by atoms with van der Waals surface area (Å²) in [5.41, 5.74) is 1.94. The maximum atomic E-state index is 12.5. The largest absolute Gasteiger partial charge is 0.457 e. The van der Waals surface area contributed by atoms with E-state index in [0.29, 0.717) is 11.6 Å². The lowest BCUT2D eigenvalue weighted by molar-refractivity contribution is -0.157. The van der Waals surface area contributed by atoms with Gasteiger partial charge in [0.15, 0.2) is 0 Å². The van der Waals surface area contributed by atoms with E-state index >= 15 is 0 Å². The first-order chi connectivity index (χ1) is 10.1. The van der Waals surface area contributed by atoms with Crippen LogP contribution in [0.15, 0.2) is 23.9 Å². The van der Waals surface area contributed by atoms with Gasteiger partial charge in [-0.25, -0.2) is 4.79 Å². The second kappa shape index (κ2) is 5.57. The van der Waals surface area contributed by atoms with Gasteiger partial charge in [-0.2, -0.15) is 0 Å². The van der Waals surface area contributed by atoms with Gasteiger partial charge in [0.25, 0.3) is 0 Å². The number of amides is 1. The highest BCUT2D eigenvalue weighted by molar-refractivity contribution is 7.17. The molecule has 114 valence electrons. The van der Waals surface area contributed by atoms with E-state index in [9.17, 15) is 9.59 Å². The Labute approximate surface area is 127 Å². The molecule has 2 heterocycles. The highest BCUT2D eigenvalue weighted by Crippen LogP contribution is 2.53. The minimum Gasteiger partial charge on any atom is -0.457 e. The van der Waals surface area contributed by atoms with Gasteiger partial charge in [0, 0.05) is 5.92 Å². The third kappa shape index (κ3) is 2.15. The molecule has 5 atom stereocenters. The van der Waals surface area contributed by atoms with Gasteiger partial charge >= 0.3 is 5.97 Å². The van der Waals surface area contributed by atoms with Gasteiger partial charge in [-0.15, -0.1) is 9.24 Å². The lowest BCUT2D eigenvalue weighted by Crippen LogP contribution is -2.63. The van der Waals surface area contributed by atoms with Crippen molar-refractivity contribution in [3.05, 3.63) is 23.9 Å². The standard InChI is InChI=1S/C16H22NO3P/c1-3-8-20-16(19)14-11-7-5-4-6-10(11)13-12(9(2)21)15(18)17(13)14/h3,9-10,12-13H,1,4-8,21H2,2H3/t9-,10+,12-,13-/m1/s1. The Morgan fingerprint density at radius 3 is 3.00 bits per heavy atom. The number of nitrogens with zero attached hydrogens (tertiary/aromatic N) is 1. The van der Waals surface area contributed by atoms with Crippen molar-refractivity contribution in [3.8, 4) is 0 Å². The normalized spacial score (nSPS) is 32.2. The van der Waals surface area contributed by atoms with E-state index in [4.69, 9.17) is 4.74 Å². The first-order valence-electron chi connectivity index (χ1n) is 7.67. The van der Waals surface area contributed by atoms with Crippen LogP contribution < -0.4 is 0 Å². The zero-order chi connectivity index (χ0) is 15.1. The fourth-order valence-corrected chi connectivity index (χ4v) is 4.45. The number of esters is 1. The zero-order valence-corrected chi connectivity index (χ0v) is 13.5. The molecular weight excluding hydrogens is 285 g/mol. The molecular formula is C16H22NO3P. The molecule has 5 heteroatoms. The lowest BCUT2D eigenvalue weighted by Gasteiger charge is -2.48. The van der Waals surface area contributed by atoms with Crippen molar-refractivity contribution in [1.29, 1.82) is 0 Å². The van der Waals surface area contributed by atoms with Crippen LogP contribution in [-0.4, -0.2) is 35.1 Å². The number of carbonyl (C=O) groups excluding carboxylic acids is 2. The SMILES string of the molecule is C=CCOC(=O)C1=C2CCCC[C@@H]2[C@@H]2[C@@H]([C@@H](C)P)C(=O)N12. The summed E-state index contributed by atoms with van der Waals surface area (Å²) in [4.78, 5) is 26.5. The van der Waals surface area contributed by atoms with Crippen LogP contribution in [0.4, 0.5) is 0 Å². The summed E-state index contributed by atoms with van der Waals surface area (Å²) in [5.74, 6) is 0.103. The van der Waals surface area contributed by atoms with Gasteiger partial charge in [0.2, 0.25) is 5.91 Å². The van der Waals surface area contributed by atoms with Crippen molar-refractivity contribution in [1.82, 2.24) is 4.90 Å². The van der Waals surface area contributed by atoms with E-state index in [0.717, 1.165) is 24.8 Å². The van der Waals surface area contributed by atoms with E-state index < -0.39 is 0 Å². The summed E-state index contributed by atoms with van der Waals surface area (Å²) in [6.45, 7) is 5.81. The van der Waals surface area contributed by atoms with Crippen molar-refractivity contribution >= 4 is 21.1 Å². The van der Waals surface area contributed by atoms with Crippen LogP contribution >= 0.6 is 9.24 Å². The topological polar surface area (TPSA) is 46.6 Å². The molecule has 0 radical (unpaired) electrons. The molecule has 2 fully saturated rings. The molecule has 1 aliphatic carbocycles. The Kier molecular flexibility index (Phi) is 3.92. The fraction of sp³-hybridized carbons (Fsp3) is 0.625. The lowest BCUT2D eigenvalue weighted by atomic mass is 9.73. The Balaban J connectivity index is 1.92. The number of carbonyl (C=O) groups is 2. The van der Waals surface area contributed by atoms with E-state index in [1.807, 2.05) is 0 Å². The molecule has 1 saturated carbocycles. The highest BCUT2D eigenvalue weighted by Gasteiger charge is 2.60. The summed E-state index contributed by atoms with van der Waals surface area (Å²) >= 11 is 0. The molecule has 3 aliphatic rings. The minimum absolute atomic E-state index is 0.0257. The molecule has 0 N–H and O–H groups in total. The Morgan fingerprint density at radius 2 is 2.33 bits per heavy atom. The van der Waals surface area contributed by atoms with E-state index in [2.05, 4.69) is 22.7 Å². The summed E-state index contributed by atoms with van der Waals surface area (Å²) in [7, 11) is 2.74. The predicted octanol–water partition coefficient (Wildman–Crippen LogP) is 2.26. The maximum absolute atomic E-state index is 12.5. The predicted molar refractivity (Wildman–Crippen MR) is 83.4 cm³/mol. The van der Waals surface area contributed by atoms with Crippen molar-refractivity contribution < 1.29 is 14.3 Å². The Morgan fingerprint density at radius 1 is 1.57 bits per heavy atom. The molecule has 21 heavy (non-hydrogen) atoms. The number of fused-ring (bicyclic) bond motifs is 3. The van der Waals surface area contributed by atoms with E-state index in [-0.39, 0.29) is 36.1 Å². The first kappa shape index (κ1) is 14.8. The Bertz CT molecular complexity index is 526. The maximum Gasteiger partial charge on any atom is 0.355 e. The number of hydrogen-bond donors (Lipinski definition) is 0. The van der Waals surface area contributed by atoms with Crippen LogP contribution in [0, 0.1) is 11.8 Å². The molecule has 0 aromatic heterocycles. The summed E-state index contributed by atoms with van der Waals surface area (Å²) in [6.07, 6.45) is 5.83.